The van der Waals surface area contributed by atoms with Gasteiger partial charge in [0, 0.05) is 27.6 Å². The van der Waals surface area contributed by atoms with Crippen molar-refractivity contribution in [1.82, 2.24) is 0 Å². The minimum atomic E-state index is -1.88. The van der Waals surface area contributed by atoms with Crippen molar-refractivity contribution in [3.05, 3.63) is 30.3 Å². The van der Waals surface area contributed by atoms with Gasteiger partial charge >= 0.3 is 0 Å². The Balaban J connectivity index is 5.04. The average Bonchev–Trinajstić information content (AvgIpc) is 2.74. The molecular weight excluding hydrogens is 442 g/mol. The maximum absolute atomic E-state index is 11.5. The van der Waals surface area contributed by atoms with Crippen molar-refractivity contribution >= 4 is 6.29 Å². The standard InChI is InChI=1S/C20H36N3O10/c1-2-3-7-10-15(21(28)29)19(26)14-17(23(32)33)20(27)13-16(22(30)31)18(25)11-8-5-4-6-9-12-24/h15-20,25-27H,2-11,13-14H2,1H3. The summed E-state index contributed by atoms with van der Waals surface area (Å²) in [5.41, 5.74) is 0. The number of unbranched alkanes of at least 4 members (excludes halogenated alkanes) is 6. The van der Waals surface area contributed by atoms with E-state index in [1.807, 2.05) is 6.92 Å². The van der Waals surface area contributed by atoms with E-state index >= 15 is 0 Å². The molecule has 13 nitrogen and oxygen atoms in total. The second-order valence-electron chi connectivity index (χ2n) is 8.32. The Morgan fingerprint density at radius 2 is 1.12 bits per heavy atom. The molecule has 6 atom stereocenters. The molecule has 0 aliphatic carbocycles. The van der Waals surface area contributed by atoms with Gasteiger partial charge in [-0.15, -0.1) is 0 Å². The molecule has 13 heteroatoms. The van der Waals surface area contributed by atoms with Crippen molar-refractivity contribution in [2.75, 3.05) is 0 Å². The van der Waals surface area contributed by atoms with E-state index in [-0.39, 0.29) is 19.3 Å². The normalized spacial score (nSPS) is 16.8. The minimum Gasteiger partial charge on any atom is -0.386 e. The van der Waals surface area contributed by atoms with Gasteiger partial charge in [-0.25, -0.2) is 0 Å². The predicted molar refractivity (Wildman–Crippen MR) is 117 cm³/mol. The fourth-order valence-corrected chi connectivity index (χ4v) is 3.71. The van der Waals surface area contributed by atoms with Gasteiger partial charge in [-0.2, -0.15) is 0 Å². The summed E-state index contributed by atoms with van der Waals surface area (Å²) in [5, 5.41) is 64.9. The molecule has 0 aliphatic heterocycles. The molecule has 0 saturated carbocycles. The van der Waals surface area contributed by atoms with Gasteiger partial charge in [-0.05, 0) is 19.3 Å². The van der Waals surface area contributed by atoms with E-state index < -0.39 is 64.0 Å². The lowest BCUT2D eigenvalue weighted by atomic mass is 9.91. The van der Waals surface area contributed by atoms with Crippen molar-refractivity contribution in [3.63, 3.8) is 0 Å². The van der Waals surface area contributed by atoms with Gasteiger partial charge in [-0.1, -0.05) is 39.0 Å². The van der Waals surface area contributed by atoms with Crippen LogP contribution in [0.5, 0.6) is 0 Å². The van der Waals surface area contributed by atoms with Crippen molar-refractivity contribution < 1.29 is 34.9 Å². The first-order chi connectivity index (χ1) is 15.6. The van der Waals surface area contributed by atoms with Crippen molar-refractivity contribution in [2.24, 2.45) is 0 Å². The second kappa shape index (κ2) is 17.3. The van der Waals surface area contributed by atoms with Gasteiger partial charge in [0.1, 0.15) is 18.3 Å². The molecule has 0 spiro atoms. The molecule has 3 N–H and O–H groups in total. The number of carbonyl (C=O) groups excluding carboxylic acids is 1. The summed E-state index contributed by atoms with van der Waals surface area (Å²) in [4.78, 5) is 41.8. The van der Waals surface area contributed by atoms with Crippen molar-refractivity contribution in [3.8, 4) is 0 Å². The fourth-order valence-electron chi connectivity index (χ4n) is 3.71. The lowest BCUT2D eigenvalue weighted by molar-refractivity contribution is -0.562. The number of hydrogen-bond donors (Lipinski definition) is 3. The number of nitro groups is 3. The lowest BCUT2D eigenvalue weighted by Crippen LogP contribution is -2.46. The number of aliphatic hydroxyl groups excluding tert-OH is 3. The predicted octanol–water partition coefficient (Wildman–Crippen LogP) is 1.82. The Bertz CT molecular complexity index is 607. The van der Waals surface area contributed by atoms with Crippen LogP contribution in [0.2, 0.25) is 0 Å². The maximum Gasteiger partial charge on any atom is 0.241 e. The molecule has 33 heavy (non-hydrogen) atoms. The van der Waals surface area contributed by atoms with Crippen LogP contribution in [-0.4, -0.2) is 72.8 Å². The van der Waals surface area contributed by atoms with Crippen LogP contribution in [0.25, 0.3) is 0 Å². The maximum atomic E-state index is 11.5. The first-order valence-electron chi connectivity index (χ1n) is 11.4. The molecule has 0 amide bonds. The zero-order valence-electron chi connectivity index (χ0n) is 19.0. The molecule has 0 aliphatic rings. The third kappa shape index (κ3) is 12.5. The number of aliphatic hydroxyl groups is 3. The largest absolute Gasteiger partial charge is 0.386 e. The van der Waals surface area contributed by atoms with Crippen LogP contribution in [0, 0.1) is 30.3 Å². The molecule has 0 aromatic heterocycles. The quantitative estimate of drug-likeness (QED) is 0.124. The van der Waals surface area contributed by atoms with Gasteiger partial charge in [0.25, 0.3) is 0 Å². The number of hydrogen-bond acceptors (Lipinski definition) is 10. The van der Waals surface area contributed by atoms with E-state index in [0.29, 0.717) is 38.5 Å². The topological polar surface area (TPSA) is 207 Å². The highest BCUT2D eigenvalue weighted by atomic mass is 16.6. The molecule has 0 aromatic carbocycles. The van der Waals surface area contributed by atoms with E-state index in [1.165, 1.54) is 0 Å². The Morgan fingerprint density at radius 1 is 0.667 bits per heavy atom. The first kappa shape index (κ1) is 30.8. The molecule has 6 unspecified atom stereocenters. The van der Waals surface area contributed by atoms with Crippen LogP contribution in [0.1, 0.15) is 84.0 Å². The van der Waals surface area contributed by atoms with Crippen molar-refractivity contribution in [1.29, 1.82) is 0 Å². The highest BCUT2D eigenvalue weighted by molar-refractivity contribution is 5.50. The van der Waals surface area contributed by atoms with Crippen LogP contribution in [0.15, 0.2) is 0 Å². The monoisotopic (exact) mass is 478 g/mol. The molecular formula is C20H36N3O10. The first-order valence-corrected chi connectivity index (χ1v) is 11.4. The highest BCUT2D eigenvalue weighted by Crippen LogP contribution is 2.21. The van der Waals surface area contributed by atoms with Crippen molar-refractivity contribution in [2.45, 2.75) is 120 Å². The van der Waals surface area contributed by atoms with E-state index in [4.69, 9.17) is 0 Å². The summed E-state index contributed by atoms with van der Waals surface area (Å²) in [6, 6.07) is -4.97. The fraction of sp³-hybridized carbons (Fsp3) is 0.950. The third-order valence-corrected chi connectivity index (χ3v) is 5.74. The summed E-state index contributed by atoms with van der Waals surface area (Å²) in [6.45, 7) is 1.89. The van der Waals surface area contributed by atoms with Crippen LogP contribution in [0.4, 0.5) is 0 Å². The summed E-state index contributed by atoms with van der Waals surface area (Å²) in [7, 11) is 0. The Hall–Kier alpha value is -2.25. The molecule has 191 valence electrons. The van der Waals surface area contributed by atoms with E-state index in [2.05, 4.69) is 0 Å². The Morgan fingerprint density at radius 3 is 1.61 bits per heavy atom. The Labute approximate surface area is 192 Å². The summed E-state index contributed by atoms with van der Waals surface area (Å²) < 4.78 is 0. The smallest absolute Gasteiger partial charge is 0.241 e. The average molecular weight is 479 g/mol. The molecule has 0 saturated heterocycles. The summed E-state index contributed by atoms with van der Waals surface area (Å²) in [5.74, 6) is 0. The van der Waals surface area contributed by atoms with Crippen LogP contribution >= 0.6 is 0 Å². The van der Waals surface area contributed by atoms with Gasteiger partial charge in [0.2, 0.25) is 18.1 Å². The highest BCUT2D eigenvalue weighted by Gasteiger charge is 2.42. The van der Waals surface area contributed by atoms with E-state index in [9.17, 15) is 50.5 Å². The zero-order chi connectivity index (χ0) is 25.4. The van der Waals surface area contributed by atoms with E-state index in [0.717, 1.165) is 6.42 Å². The molecule has 0 fully saturated rings. The van der Waals surface area contributed by atoms with Gasteiger partial charge in [0.05, 0.1) is 12.8 Å². The Kier molecular flexibility index (Phi) is 16.1. The van der Waals surface area contributed by atoms with Gasteiger partial charge in [0.15, 0.2) is 6.29 Å². The van der Waals surface area contributed by atoms with Gasteiger partial charge in [-0.3, -0.25) is 35.1 Å². The van der Waals surface area contributed by atoms with E-state index in [1.54, 1.807) is 6.29 Å². The lowest BCUT2D eigenvalue weighted by Gasteiger charge is -2.23. The molecule has 0 aromatic rings. The molecule has 0 heterocycles. The van der Waals surface area contributed by atoms with Gasteiger partial charge < -0.3 is 15.3 Å². The van der Waals surface area contributed by atoms with Crippen LogP contribution < -0.4 is 0 Å². The molecule has 0 bridgehead atoms. The molecule has 0 rings (SSSR count). The SMILES string of the molecule is CCCCCC(C(O)CC(C(O)CC(C(O)CCCCCC[C]=O)[N+](=O)[O-])[N+](=O)[O-])[N+](=O)[O-]. The van der Waals surface area contributed by atoms with Crippen LogP contribution in [-0.2, 0) is 4.79 Å². The third-order valence-electron chi connectivity index (χ3n) is 5.74. The summed E-state index contributed by atoms with van der Waals surface area (Å²) in [6.07, 6.45) is -0.122. The summed E-state index contributed by atoms with van der Waals surface area (Å²) >= 11 is 0. The number of nitrogens with zero attached hydrogens (tertiary/aromatic N) is 3. The second-order valence-corrected chi connectivity index (χ2v) is 8.32. The van der Waals surface area contributed by atoms with Crippen LogP contribution in [0.3, 0.4) is 0 Å². The zero-order valence-corrected chi connectivity index (χ0v) is 19.0. The number of rotatable bonds is 21. The molecule has 1 radical (unpaired) electrons. The minimum absolute atomic E-state index is 0.0175.